The number of hydrogen-bond donors (Lipinski definition) is 0. The standard InChI is InChI=1S/C21H25FN4O3/c1-14-12-23-24-19(15(14)2)11-16-4-5-18(22)17(10-16)21(28)26-7-6-25(8-9-29-3)20(27)13-26/h4-5,10,12H,6-9,11,13H2,1-3H3. The summed E-state index contributed by atoms with van der Waals surface area (Å²) in [5.41, 5.74) is 3.58. The van der Waals surface area contributed by atoms with Gasteiger partial charge in [0.2, 0.25) is 5.91 Å². The third-order valence-corrected chi connectivity index (χ3v) is 5.26. The fourth-order valence-corrected chi connectivity index (χ4v) is 3.28. The molecule has 1 saturated heterocycles. The van der Waals surface area contributed by atoms with Crippen molar-refractivity contribution >= 4 is 11.8 Å². The molecule has 2 heterocycles. The average Bonchev–Trinajstić information content (AvgIpc) is 2.71. The lowest BCUT2D eigenvalue weighted by atomic mass is 10.0. The van der Waals surface area contributed by atoms with Crippen molar-refractivity contribution in [1.29, 1.82) is 0 Å². The lowest BCUT2D eigenvalue weighted by Crippen LogP contribution is -2.53. The van der Waals surface area contributed by atoms with Crippen LogP contribution in [-0.4, -0.2) is 71.7 Å². The highest BCUT2D eigenvalue weighted by molar-refractivity contribution is 5.97. The first-order valence-electron chi connectivity index (χ1n) is 9.53. The third-order valence-electron chi connectivity index (χ3n) is 5.26. The van der Waals surface area contributed by atoms with Crippen LogP contribution in [0.2, 0.25) is 0 Å². The van der Waals surface area contributed by atoms with Crippen LogP contribution in [0.5, 0.6) is 0 Å². The van der Waals surface area contributed by atoms with Gasteiger partial charge in [0.25, 0.3) is 5.91 Å². The normalized spacial score (nSPS) is 14.4. The van der Waals surface area contributed by atoms with Crippen molar-refractivity contribution in [2.24, 2.45) is 0 Å². The van der Waals surface area contributed by atoms with Crippen molar-refractivity contribution in [3.63, 3.8) is 0 Å². The van der Waals surface area contributed by atoms with Gasteiger partial charge >= 0.3 is 0 Å². The summed E-state index contributed by atoms with van der Waals surface area (Å²) in [6, 6.07) is 4.48. The van der Waals surface area contributed by atoms with Crippen LogP contribution in [0.4, 0.5) is 4.39 Å². The molecule has 0 bridgehead atoms. The first-order chi connectivity index (χ1) is 13.9. The van der Waals surface area contributed by atoms with Gasteiger partial charge in [-0.25, -0.2) is 4.39 Å². The number of halogens is 1. The number of carbonyl (C=O) groups excluding carboxylic acids is 2. The van der Waals surface area contributed by atoms with E-state index in [1.807, 2.05) is 13.8 Å². The fraction of sp³-hybridized carbons (Fsp3) is 0.429. The first kappa shape index (κ1) is 20.9. The molecule has 2 amide bonds. The van der Waals surface area contributed by atoms with E-state index >= 15 is 0 Å². The molecule has 2 aromatic rings. The number of aryl methyl sites for hydroxylation is 1. The van der Waals surface area contributed by atoms with Crippen LogP contribution in [0.3, 0.4) is 0 Å². The average molecular weight is 400 g/mol. The van der Waals surface area contributed by atoms with Crippen LogP contribution in [0.1, 0.15) is 32.7 Å². The van der Waals surface area contributed by atoms with Crippen molar-refractivity contribution < 1.29 is 18.7 Å². The van der Waals surface area contributed by atoms with Gasteiger partial charge in [0.15, 0.2) is 0 Å². The van der Waals surface area contributed by atoms with Gasteiger partial charge in [-0.1, -0.05) is 6.07 Å². The van der Waals surface area contributed by atoms with Crippen LogP contribution >= 0.6 is 0 Å². The Balaban J connectivity index is 1.75. The maximum absolute atomic E-state index is 14.4. The SMILES string of the molecule is COCCN1CCN(C(=O)c2cc(Cc3nncc(C)c3C)ccc2F)CC1=O. The number of rotatable bonds is 6. The van der Waals surface area contributed by atoms with E-state index in [2.05, 4.69) is 10.2 Å². The number of piperazine rings is 1. The van der Waals surface area contributed by atoms with E-state index < -0.39 is 11.7 Å². The smallest absolute Gasteiger partial charge is 0.257 e. The van der Waals surface area contributed by atoms with E-state index in [0.717, 1.165) is 22.4 Å². The zero-order chi connectivity index (χ0) is 21.0. The minimum atomic E-state index is -0.597. The Morgan fingerprint density at radius 3 is 2.79 bits per heavy atom. The van der Waals surface area contributed by atoms with Crippen LogP contribution < -0.4 is 0 Å². The number of carbonyl (C=O) groups is 2. The Bertz CT molecular complexity index is 919. The fourth-order valence-electron chi connectivity index (χ4n) is 3.28. The number of hydrogen-bond acceptors (Lipinski definition) is 5. The molecule has 8 heteroatoms. The Hall–Kier alpha value is -2.87. The Labute approximate surface area is 169 Å². The number of aromatic nitrogens is 2. The largest absolute Gasteiger partial charge is 0.383 e. The number of ether oxygens (including phenoxy) is 1. The van der Waals surface area contributed by atoms with Gasteiger partial charge in [-0.2, -0.15) is 10.2 Å². The molecular formula is C21H25FN4O3. The zero-order valence-electron chi connectivity index (χ0n) is 16.9. The van der Waals surface area contributed by atoms with Gasteiger partial charge in [-0.05, 0) is 42.7 Å². The summed E-state index contributed by atoms with van der Waals surface area (Å²) in [5.74, 6) is -1.24. The molecule has 29 heavy (non-hydrogen) atoms. The third kappa shape index (κ3) is 4.76. The second-order valence-corrected chi connectivity index (χ2v) is 7.19. The first-order valence-corrected chi connectivity index (χ1v) is 9.53. The Morgan fingerprint density at radius 2 is 2.07 bits per heavy atom. The van der Waals surface area contributed by atoms with E-state index in [1.165, 1.54) is 11.0 Å². The molecule has 1 aromatic heterocycles. The quantitative estimate of drug-likeness (QED) is 0.739. The lowest BCUT2D eigenvalue weighted by Gasteiger charge is -2.34. The van der Waals surface area contributed by atoms with E-state index in [9.17, 15) is 14.0 Å². The number of nitrogens with zero attached hydrogens (tertiary/aromatic N) is 4. The predicted molar refractivity (Wildman–Crippen MR) is 105 cm³/mol. The lowest BCUT2D eigenvalue weighted by molar-refractivity contribution is -0.135. The van der Waals surface area contributed by atoms with Gasteiger partial charge in [0, 0.05) is 33.2 Å². The van der Waals surface area contributed by atoms with E-state index in [4.69, 9.17) is 4.74 Å². The van der Waals surface area contributed by atoms with Crippen LogP contribution in [0.25, 0.3) is 0 Å². The van der Waals surface area contributed by atoms with E-state index in [0.29, 0.717) is 32.7 Å². The van der Waals surface area contributed by atoms with Crippen molar-refractivity contribution in [3.8, 4) is 0 Å². The summed E-state index contributed by atoms with van der Waals surface area (Å²) < 4.78 is 19.4. The Morgan fingerprint density at radius 1 is 1.28 bits per heavy atom. The molecule has 0 N–H and O–H groups in total. The molecule has 0 spiro atoms. The molecule has 0 atom stereocenters. The number of methoxy groups -OCH3 is 1. The van der Waals surface area contributed by atoms with Crippen molar-refractivity contribution in [1.82, 2.24) is 20.0 Å². The van der Waals surface area contributed by atoms with Gasteiger partial charge in [0.05, 0.1) is 24.1 Å². The molecule has 1 fully saturated rings. The van der Waals surface area contributed by atoms with Gasteiger partial charge in [-0.3, -0.25) is 9.59 Å². The number of amides is 2. The highest BCUT2D eigenvalue weighted by Crippen LogP contribution is 2.19. The predicted octanol–water partition coefficient (Wildman–Crippen LogP) is 1.75. The minimum Gasteiger partial charge on any atom is -0.383 e. The van der Waals surface area contributed by atoms with Crippen molar-refractivity contribution in [3.05, 3.63) is 58.2 Å². The highest BCUT2D eigenvalue weighted by atomic mass is 19.1. The van der Waals surface area contributed by atoms with E-state index in [1.54, 1.807) is 30.3 Å². The Kier molecular flexibility index (Phi) is 6.53. The highest BCUT2D eigenvalue weighted by Gasteiger charge is 2.29. The van der Waals surface area contributed by atoms with Crippen LogP contribution in [-0.2, 0) is 16.0 Å². The molecule has 1 aliphatic rings. The number of benzene rings is 1. The molecule has 0 saturated carbocycles. The maximum atomic E-state index is 14.4. The second-order valence-electron chi connectivity index (χ2n) is 7.19. The van der Waals surface area contributed by atoms with Crippen LogP contribution in [0.15, 0.2) is 24.4 Å². The monoisotopic (exact) mass is 400 g/mol. The summed E-state index contributed by atoms with van der Waals surface area (Å²) in [4.78, 5) is 28.2. The summed E-state index contributed by atoms with van der Waals surface area (Å²) in [7, 11) is 1.57. The summed E-state index contributed by atoms with van der Waals surface area (Å²) in [6.45, 7) is 5.55. The maximum Gasteiger partial charge on any atom is 0.257 e. The summed E-state index contributed by atoms with van der Waals surface area (Å²) in [5, 5.41) is 8.14. The molecule has 1 aliphatic heterocycles. The van der Waals surface area contributed by atoms with Gasteiger partial charge in [0.1, 0.15) is 12.4 Å². The molecule has 7 nitrogen and oxygen atoms in total. The second kappa shape index (κ2) is 9.09. The minimum absolute atomic E-state index is 0.0288. The van der Waals surface area contributed by atoms with Crippen molar-refractivity contribution in [2.75, 3.05) is 39.9 Å². The van der Waals surface area contributed by atoms with Crippen molar-refractivity contribution in [2.45, 2.75) is 20.3 Å². The molecule has 0 unspecified atom stereocenters. The molecule has 0 aliphatic carbocycles. The molecular weight excluding hydrogens is 375 g/mol. The molecule has 154 valence electrons. The topological polar surface area (TPSA) is 75.6 Å². The molecule has 1 aromatic carbocycles. The van der Waals surface area contributed by atoms with Gasteiger partial charge in [-0.15, -0.1) is 0 Å². The van der Waals surface area contributed by atoms with Crippen LogP contribution in [0, 0.1) is 19.7 Å². The van der Waals surface area contributed by atoms with E-state index in [-0.39, 0.29) is 18.0 Å². The summed E-state index contributed by atoms with van der Waals surface area (Å²) in [6.07, 6.45) is 2.15. The molecule has 0 radical (unpaired) electrons. The molecule has 3 rings (SSSR count). The zero-order valence-corrected chi connectivity index (χ0v) is 16.9. The van der Waals surface area contributed by atoms with Gasteiger partial charge < -0.3 is 14.5 Å². The summed E-state index contributed by atoms with van der Waals surface area (Å²) >= 11 is 0.